The van der Waals surface area contributed by atoms with E-state index in [2.05, 4.69) is 41.2 Å². The van der Waals surface area contributed by atoms with Crippen LogP contribution in [0.15, 0.2) is 12.7 Å². The molecule has 0 aromatic heterocycles. The van der Waals surface area contributed by atoms with Crippen LogP contribution in [0.2, 0.25) is 11.1 Å². The van der Waals surface area contributed by atoms with Crippen molar-refractivity contribution >= 4 is 9.04 Å². The van der Waals surface area contributed by atoms with E-state index in [4.69, 9.17) is 4.43 Å². The fraction of sp³-hybridized carbons (Fsp3) is 0.833. The van der Waals surface area contributed by atoms with E-state index in [-0.39, 0.29) is 6.10 Å². The molecule has 14 heavy (non-hydrogen) atoms. The zero-order chi connectivity index (χ0) is 11.1. The first-order chi connectivity index (χ1) is 6.56. The Bertz CT molecular complexity index is 148. The molecule has 3 atom stereocenters. The Morgan fingerprint density at radius 2 is 1.57 bits per heavy atom. The summed E-state index contributed by atoms with van der Waals surface area (Å²) in [4.78, 5) is 0. The van der Waals surface area contributed by atoms with Crippen LogP contribution in [0.3, 0.4) is 0 Å². The Morgan fingerprint density at radius 1 is 1.14 bits per heavy atom. The summed E-state index contributed by atoms with van der Waals surface area (Å²) in [6, 6.07) is 0. The molecule has 84 valence electrons. The summed E-state index contributed by atoms with van der Waals surface area (Å²) in [7, 11) is -1.07. The van der Waals surface area contributed by atoms with Crippen molar-refractivity contribution in [3.63, 3.8) is 0 Å². The van der Waals surface area contributed by atoms with Crippen molar-refractivity contribution in [2.45, 2.75) is 64.6 Å². The smallest absolute Gasteiger partial charge is 0.183 e. The standard InChI is InChI=1S/C12H26OSi/c1-7-10(4)13-14(11(5)8-2)12(6)9-3/h7,10-12,14H,1,8-9H2,2-6H3. The molecule has 0 aliphatic heterocycles. The van der Waals surface area contributed by atoms with E-state index in [0.717, 1.165) is 11.1 Å². The minimum atomic E-state index is -1.07. The fourth-order valence-corrected chi connectivity index (χ4v) is 4.79. The van der Waals surface area contributed by atoms with Crippen molar-refractivity contribution in [2.75, 3.05) is 0 Å². The van der Waals surface area contributed by atoms with Gasteiger partial charge in [0.15, 0.2) is 9.04 Å². The van der Waals surface area contributed by atoms with Crippen LogP contribution in [0.4, 0.5) is 0 Å². The molecule has 2 heteroatoms. The van der Waals surface area contributed by atoms with E-state index in [0.29, 0.717) is 0 Å². The van der Waals surface area contributed by atoms with Gasteiger partial charge in [-0.2, -0.15) is 0 Å². The van der Waals surface area contributed by atoms with Gasteiger partial charge in [0, 0.05) is 0 Å². The lowest BCUT2D eigenvalue weighted by atomic mass is 10.4. The van der Waals surface area contributed by atoms with Crippen LogP contribution in [-0.2, 0) is 4.43 Å². The van der Waals surface area contributed by atoms with Gasteiger partial charge in [0.1, 0.15) is 0 Å². The van der Waals surface area contributed by atoms with Crippen molar-refractivity contribution in [1.29, 1.82) is 0 Å². The molecule has 0 amide bonds. The van der Waals surface area contributed by atoms with Crippen LogP contribution >= 0.6 is 0 Å². The zero-order valence-electron chi connectivity index (χ0n) is 10.4. The maximum atomic E-state index is 6.13. The van der Waals surface area contributed by atoms with Gasteiger partial charge in [-0.3, -0.25) is 0 Å². The van der Waals surface area contributed by atoms with Crippen LogP contribution in [-0.4, -0.2) is 15.1 Å². The maximum absolute atomic E-state index is 6.13. The minimum Gasteiger partial charge on any atom is -0.414 e. The largest absolute Gasteiger partial charge is 0.414 e. The lowest BCUT2D eigenvalue weighted by Crippen LogP contribution is -2.31. The first-order valence-electron chi connectivity index (χ1n) is 5.84. The first kappa shape index (κ1) is 13.9. The van der Waals surface area contributed by atoms with Gasteiger partial charge in [0.25, 0.3) is 0 Å². The minimum absolute atomic E-state index is 0.231. The average Bonchev–Trinajstić information content (AvgIpc) is 2.23. The van der Waals surface area contributed by atoms with Crippen LogP contribution in [0.25, 0.3) is 0 Å². The molecule has 0 saturated heterocycles. The highest BCUT2D eigenvalue weighted by atomic mass is 28.3. The summed E-state index contributed by atoms with van der Waals surface area (Å²) in [6.07, 6.45) is 4.62. The zero-order valence-corrected chi connectivity index (χ0v) is 11.6. The third kappa shape index (κ3) is 4.42. The molecule has 3 unspecified atom stereocenters. The molecule has 0 heterocycles. The molecular weight excluding hydrogens is 188 g/mol. The van der Waals surface area contributed by atoms with Crippen LogP contribution in [0.5, 0.6) is 0 Å². The Hall–Kier alpha value is -0.0831. The third-order valence-electron chi connectivity index (χ3n) is 3.11. The summed E-state index contributed by atoms with van der Waals surface area (Å²) in [5.41, 5.74) is 1.54. The summed E-state index contributed by atoms with van der Waals surface area (Å²) in [5.74, 6) is 0. The molecule has 0 rings (SSSR count). The highest BCUT2D eigenvalue weighted by Gasteiger charge is 2.25. The molecule has 0 fully saturated rings. The van der Waals surface area contributed by atoms with Crippen molar-refractivity contribution in [3.8, 4) is 0 Å². The lowest BCUT2D eigenvalue weighted by Gasteiger charge is -2.28. The Morgan fingerprint density at radius 3 is 1.86 bits per heavy atom. The lowest BCUT2D eigenvalue weighted by molar-refractivity contribution is 0.257. The van der Waals surface area contributed by atoms with Gasteiger partial charge in [-0.15, -0.1) is 6.58 Å². The third-order valence-corrected chi connectivity index (χ3v) is 7.04. The van der Waals surface area contributed by atoms with Crippen LogP contribution in [0, 0.1) is 0 Å². The predicted molar refractivity (Wildman–Crippen MR) is 67.3 cm³/mol. The first-order valence-corrected chi connectivity index (χ1v) is 7.65. The van der Waals surface area contributed by atoms with Gasteiger partial charge >= 0.3 is 0 Å². The molecule has 1 nitrogen and oxygen atoms in total. The molecular formula is C12H26OSi. The van der Waals surface area contributed by atoms with Crippen molar-refractivity contribution in [2.24, 2.45) is 0 Å². The van der Waals surface area contributed by atoms with Gasteiger partial charge in [0.05, 0.1) is 6.10 Å². The van der Waals surface area contributed by atoms with Gasteiger partial charge in [-0.05, 0) is 18.0 Å². The summed E-state index contributed by atoms with van der Waals surface area (Å²) in [6.45, 7) is 15.1. The Balaban J connectivity index is 4.30. The fourth-order valence-electron chi connectivity index (χ4n) is 1.60. The Labute approximate surface area is 91.3 Å². The molecule has 0 spiro atoms. The van der Waals surface area contributed by atoms with E-state index in [1.807, 2.05) is 6.08 Å². The normalized spacial score (nSPS) is 19.8. The summed E-state index contributed by atoms with van der Waals surface area (Å²) in [5, 5.41) is 0. The van der Waals surface area contributed by atoms with E-state index < -0.39 is 9.04 Å². The van der Waals surface area contributed by atoms with E-state index >= 15 is 0 Å². The molecule has 0 aliphatic rings. The van der Waals surface area contributed by atoms with Crippen molar-refractivity contribution in [3.05, 3.63) is 12.7 Å². The number of hydrogen-bond acceptors (Lipinski definition) is 1. The summed E-state index contributed by atoms with van der Waals surface area (Å²) < 4.78 is 6.13. The van der Waals surface area contributed by atoms with E-state index in [1.165, 1.54) is 12.8 Å². The SMILES string of the molecule is C=CC(C)O[SiH](C(C)CC)C(C)CC. The van der Waals surface area contributed by atoms with Gasteiger partial charge in [0.2, 0.25) is 0 Å². The van der Waals surface area contributed by atoms with Crippen molar-refractivity contribution < 1.29 is 4.43 Å². The monoisotopic (exact) mass is 214 g/mol. The molecule has 0 bridgehead atoms. The van der Waals surface area contributed by atoms with Crippen LogP contribution < -0.4 is 0 Å². The van der Waals surface area contributed by atoms with Crippen LogP contribution in [0.1, 0.15) is 47.5 Å². The van der Waals surface area contributed by atoms with E-state index in [9.17, 15) is 0 Å². The van der Waals surface area contributed by atoms with Gasteiger partial charge in [-0.1, -0.05) is 46.6 Å². The molecule has 0 aromatic carbocycles. The molecule has 0 radical (unpaired) electrons. The van der Waals surface area contributed by atoms with Gasteiger partial charge in [-0.25, -0.2) is 0 Å². The molecule has 0 aromatic rings. The maximum Gasteiger partial charge on any atom is 0.183 e. The average molecular weight is 214 g/mol. The second-order valence-corrected chi connectivity index (χ2v) is 7.79. The number of rotatable bonds is 7. The highest BCUT2D eigenvalue weighted by molar-refractivity contribution is 6.55. The summed E-state index contributed by atoms with van der Waals surface area (Å²) >= 11 is 0. The number of hydrogen-bond donors (Lipinski definition) is 0. The second kappa shape index (κ2) is 7.24. The molecule has 0 saturated carbocycles. The molecule has 0 aliphatic carbocycles. The highest BCUT2D eigenvalue weighted by Crippen LogP contribution is 2.28. The Kier molecular flexibility index (Phi) is 7.20. The quantitative estimate of drug-likeness (QED) is 0.461. The second-order valence-electron chi connectivity index (χ2n) is 4.31. The molecule has 0 N–H and O–H groups in total. The topological polar surface area (TPSA) is 9.23 Å². The van der Waals surface area contributed by atoms with Gasteiger partial charge < -0.3 is 4.43 Å². The van der Waals surface area contributed by atoms with E-state index in [1.54, 1.807) is 0 Å². The van der Waals surface area contributed by atoms with Crippen molar-refractivity contribution in [1.82, 2.24) is 0 Å². The predicted octanol–water partition coefficient (Wildman–Crippen LogP) is 3.90.